The van der Waals surface area contributed by atoms with Gasteiger partial charge in [0.05, 0.1) is 12.2 Å². The Labute approximate surface area is 173 Å². The fraction of sp³-hybridized carbons (Fsp3) is 0.524. The zero-order valence-electron chi connectivity index (χ0n) is 16.6. The summed E-state index contributed by atoms with van der Waals surface area (Å²) in [4.78, 5) is 13.1. The first-order valence-corrected chi connectivity index (χ1v) is 10.2. The maximum Gasteiger partial charge on any atom is 0.416 e. The lowest BCUT2D eigenvalue weighted by Gasteiger charge is -2.35. The minimum Gasteiger partial charge on any atom is -0.396 e. The second-order valence-electron chi connectivity index (χ2n) is 7.80. The van der Waals surface area contributed by atoms with Crippen LogP contribution in [0.15, 0.2) is 36.7 Å². The average molecular weight is 422 g/mol. The molecule has 2 fully saturated rings. The van der Waals surface area contributed by atoms with Crippen molar-refractivity contribution in [2.75, 3.05) is 49.2 Å². The van der Waals surface area contributed by atoms with Crippen molar-refractivity contribution in [2.24, 2.45) is 5.92 Å². The number of hydrogen-bond donors (Lipinski definition) is 1. The number of hydrogen-bond acceptors (Lipinski definition) is 6. The Hall–Kier alpha value is -2.39. The first kappa shape index (κ1) is 20.9. The molecule has 2 atom stereocenters. The Morgan fingerprint density at radius 1 is 1.03 bits per heavy atom. The first-order valence-electron chi connectivity index (χ1n) is 10.2. The average Bonchev–Trinajstić information content (AvgIpc) is 2.79. The molecule has 2 unspecified atom stereocenters. The van der Waals surface area contributed by atoms with E-state index in [0.717, 1.165) is 49.7 Å². The zero-order valence-corrected chi connectivity index (χ0v) is 16.6. The normalized spacial score (nSPS) is 22.9. The van der Waals surface area contributed by atoms with Crippen molar-refractivity contribution >= 4 is 11.6 Å². The molecule has 0 aliphatic carbocycles. The lowest BCUT2D eigenvalue weighted by molar-refractivity contribution is -0.137. The number of rotatable bonds is 4. The molecule has 2 saturated heterocycles. The van der Waals surface area contributed by atoms with E-state index < -0.39 is 11.7 Å². The van der Waals surface area contributed by atoms with Crippen LogP contribution in [0.1, 0.15) is 30.1 Å². The predicted molar refractivity (Wildman–Crippen MR) is 106 cm³/mol. The number of aromatic nitrogens is 2. The molecule has 1 aromatic carbocycles. The van der Waals surface area contributed by atoms with Gasteiger partial charge in [0.2, 0.25) is 0 Å². The molecular weight excluding hydrogens is 397 g/mol. The highest BCUT2D eigenvalue weighted by molar-refractivity contribution is 5.51. The van der Waals surface area contributed by atoms with Gasteiger partial charge in [-0.3, -0.25) is 0 Å². The van der Waals surface area contributed by atoms with Crippen LogP contribution in [-0.2, 0) is 10.9 Å². The number of aliphatic hydroxyl groups is 1. The van der Waals surface area contributed by atoms with Crippen LogP contribution < -0.4 is 9.80 Å². The Kier molecular flexibility index (Phi) is 6.10. The van der Waals surface area contributed by atoms with Gasteiger partial charge in [0.1, 0.15) is 24.1 Å². The van der Waals surface area contributed by atoms with Gasteiger partial charge in [-0.1, -0.05) is 12.1 Å². The van der Waals surface area contributed by atoms with Crippen molar-refractivity contribution in [1.82, 2.24) is 9.97 Å². The van der Waals surface area contributed by atoms with Crippen LogP contribution in [0.2, 0.25) is 0 Å². The quantitative estimate of drug-likeness (QED) is 0.816. The molecule has 3 heterocycles. The van der Waals surface area contributed by atoms with E-state index in [1.54, 1.807) is 0 Å². The van der Waals surface area contributed by atoms with Gasteiger partial charge in [0.15, 0.2) is 0 Å². The third-order valence-electron chi connectivity index (χ3n) is 5.74. The van der Waals surface area contributed by atoms with Gasteiger partial charge in [0.25, 0.3) is 0 Å². The van der Waals surface area contributed by atoms with Gasteiger partial charge in [-0.05, 0) is 36.5 Å². The van der Waals surface area contributed by atoms with Gasteiger partial charge in [0, 0.05) is 38.9 Å². The van der Waals surface area contributed by atoms with Crippen molar-refractivity contribution < 1.29 is 23.0 Å². The van der Waals surface area contributed by atoms with E-state index in [1.807, 2.05) is 6.07 Å². The molecule has 0 amide bonds. The summed E-state index contributed by atoms with van der Waals surface area (Å²) < 4.78 is 44.2. The van der Waals surface area contributed by atoms with Gasteiger partial charge in [-0.2, -0.15) is 13.2 Å². The number of ether oxygens (including phenoxy) is 1. The Bertz CT molecular complexity index is 847. The lowest BCUT2D eigenvalue weighted by Crippen LogP contribution is -2.40. The molecule has 0 saturated carbocycles. The van der Waals surface area contributed by atoms with E-state index in [-0.39, 0.29) is 18.6 Å². The summed E-state index contributed by atoms with van der Waals surface area (Å²) in [6, 6.07) is 7.08. The number of halogens is 3. The fourth-order valence-electron chi connectivity index (χ4n) is 4.05. The monoisotopic (exact) mass is 422 g/mol. The number of morpholine rings is 1. The number of benzene rings is 1. The number of nitrogens with zero attached hydrogens (tertiary/aromatic N) is 4. The van der Waals surface area contributed by atoms with Gasteiger partial charge in [-0.25, -0.2) is 9.97 Å². The summed E-state index contributed by atoms with van der Waals surface area (Å²) in [7, 11) is 0. The molecular formula is C21H25F3N4O2. The Morgan fingerprint density at radius 3 is 2.40 bits per heavy atom. The number of aliphatic hydroxyl groups excluding tert-OH is 1. The van der Waals surface area contributed by atoms with Crippen LogP contribution in [0.3, 0.4) is 0 Å². The smallest absolute Gasteiger partial charge is 0.396 e. The topological polar surface area (TPSA) is 61.7 Å². The fourth-order valence-corrected chi connectivity index (χ4v) is 4.05. The van der Waals surface area contributed by atoms with Crippen LogP contribution >= 0.6 is 0 Å². The zero-order chi connectivity index (χ0) is 21.1. The van der Waals surface area contributed by atoms with Crippen molar-refractivity contribution in [3.05, 3.63) is 47.8 Å². The summed E-state index contributed by atoms with van der Waals surface area (Å²) in [5.74, 6) is 1.85. The van der Waals surface area contributed by atoms with Crippen LogP contribution in [-0.4, -0.2) is 54.5 Å². The van der Waals surface area contributed by atoms with Gasteiger partial charge in [-0.15, -0.1) is 0 Å². The summed E-state index contributed by atoms with van der Waals surface area (Å²) in [6.45, 7) is 3.44. The molecule has 4 rings (SSSR count). The van der Waals surface area contributed by atoms with E-state index in [2.05, 4.69) is 19.8 Å². The third kappa shape index (κ3) is 4.67. The van der Waals surface area contributed by atoms with E-state index in [4.69, 9.17) is 4.74 Å². The standard InChI is InChI=1S/C21H25F3N4O2/c22-21(23,24)17-5-3-16(4-6-17)18-12-28(8-9-30-18)20-10-19(25-14-26-20)27-7-1-2-15(11-27)13-29/h3-6,10,14-15,18,29H,1-2,7-9,11-13H2. The van der Waals surface area contributed by atoms with Gasteiger partial charge < -0.3 is 19.6 Å². The minimum atomic E-state index is -4.35. The second-order valence-corrected chi connectivity index (χ2v) is 7.80. The van der Waals surface area contributed by atoms with E-state index in [1.165, 1.54) is 18.5 Å². The first-order chi connectivity index (χ1) is 14.4. The van der Waals surface area contributed by atoms with E-state index in [0.29, 0.717) is 25.3 Å². The molecule has 30 heavy (non-hydrogen) atoms. The number of anilines is 2. The molecule has 1 aromatic heterocycles. The molecule has 0 radical (unpaired) electrons. The maximum absolute atomic E-state index is 12.8. The largest absolute Gasteiger partial charge is 0.416 e. The summed E-state index contributed by atoms with van der Waals surface area (Å²) in [5.41, 5.74) is 0.0471. The summed E-state index contributed by atoms with van der Waals surface area (Å²) >= 11 is 0. The van der Waals surface area contributed by atoms with E-state index in [9.17, 15) is 18.3 Å². The highest BCUT2D eigenvalue weighted by Crippen LogP contribution is 2.32. The summed E-state index contributed by atoms with van der Waals surface area (Å²) in [5, 5.41) is 9.47. The highest BCUT2D eigenvalue weighted by atomic mass is 19.4. The molecule has 0 bridgehead atoms. The molecule has 2 aliphatic heterocycles. The second kappa shape index (κ2) is 8.77. The number of piperidine rings is 1. The molecule has 2 aliphatic rings. The van der Waals surface area contributed by atoms with Crippen LogP contribution in [0.25, 0.3) is 0 Å². The lowest BCUT2D eigenvalue weighted by atomic mass is 9.99. The molecule has 9 heteroatoms. The SMILES string of the molecule is OCC1CCCN(c2cc(N3CCOC(c4ccc(C(F)(F)F)cc4)C3)ncn2)C1. The van der Waals surface area contributed by atoms with Crippen LogP contribution in [0, 0.1) is 5.92 Å². The number of alkyl halides is 3. The highest BCUT2D eigenvalue weighted by Gasteiger charge is 2.31. The van der Waals surface area contributed by atoms with Crippen LogP contribution in [0.5, 0.6) is 0 Å². The molecule has 162 valence electrons. The van der Waals surface area contributed by atoms with E-state index >= 15 is 0 Å². The molecule has 2 aromatic rings. The van der Waals surface area contributed by atoms with Crippen LogP contribution in [0.4, 0.5) is 24.8 Å². The van der Waals surface area contributed by atoms with Crippen molar-refractivity contribution in [3.63, 3.8) is 0 Å². The molecule has 0 spiro atoms. The van der Waals surface area contributed by atoms with Gasteiger partial charge >= 0.3 is 6.18 Å². The molecule has 6 nitrogen and oxygen atoms in total. The third-order valence-corrected chi connectivity index (χ3v) is 5.74. The predicted octanol–water partition coefficient (Wildman–Crippen LogP) is 3.28. The Morgan fingerprint density at radius 2 is 1.73 bits per heavy atom. The minimum absolute atomic E-state index is 0.173. The van der Waals surface area contributed by atoms with Crippen molar-refractivity contribution in [2.45, 2.75) is 25.1 Å². The summed E-state index contributed by atoms with van der Waals surface area (Å²) in [6.07, 6.45) is -1.11. The maximum atomic E-state index is 12.8. The molecule has 1 N–H and O–H groups in total. The van der Waals surface area contributed by atoms with Crippen molar-refractivity contribution in [3.8, 4) is 0 Å². The van der Waals surface area contributed by atoms with Crippen molar-refractivity contribution in [1.29, 1.82) is 0 Å². The Balaban J connectivity index is 1.47.